The van der Waals surface area contributed by atoms with Crippen molar-refractivity contribution in [2.24, 2.45) is 7.05 Å². The molecule has 0 aliphatic carbocycles. The van der Waals surface area contributed by atoms with Crippen LogP contribution < -0.4 is 5.32 Å². The molecule has 0 spiro atoms. The summed E-state index contributed by atoms with van der Waals surface area (Å²) in [4.78, 5) is 32.5. The number of unbranched alkanes of at least 4 members (excludes halogenated alkanes) is 1. The Morgan fingerprint density at radius 3 is 2.75 bits per heavy atom. The Kier molecular flexibility index (Phi) is 6.59. The Bertz CT molecular complexity index is 971. The normalized spacial score (nSPS) is 10.8. The molecule has 9 heteroatoms. The van der Waals surface area contributed by atoms with E-state index < -0.39 is 0 Å². The van der Waals surface area contributed by atoms with Crippen molar-refractivity contribution in [3.63, 3.8) is 0 Å². The van der Waals surface area contributed by atoms with E-state index in [1.54, 1.807) is 42.2 Å². The average molecular weight is 399 g/mol. The Morgan fingerprint density at radius 2 is 2.00 bits per heavy atom. The molecule has 0 aliphatic rings. The van der Waals surface area contributed by atoms with Gasteiger partial charge in [0.25, 0.3) is 0 Å². The summed E-state index contributed by atoms with van der Waals surface area (Å²) in [6.07, 6.45) is 4.96. The highest BCUT2D eigenvalue weighted by Gasteiger charge is 2.11. The van der Waals surface area contributed by atoms with Crippen molar-refractivity contribution in [2.75, 3.05) is 17.7 Å². The van der Waals surface area contributed by atoms with E-state index >= 15 is 0 Å². The standard InChI is InChI=1S/C19H21N5O3S/c1-3-4-9-27-19(26)13-5-7-14(8-6-13)23-16(25)11-28-18-15-10-22-24(2)17(15)20-12-21-18/h5-8,10,12H,3-4,9,11H2,1-2H3,(H,23,25). The van der Waals surface area contributed by atoms with Gasteiger partial charge in [-0.25, -0.2) is 14.8 Å². The molecule has 2 heterocycles. The zero-order chi connectivity index (χ0) is 19.9. The number of hydrogen-bond donors (Lipinski definition) is 1. The second kappa shape index (κ2) is 9.32. The Balaban J connectivity index is 1.54. The van der Waals surface area contributed by atoms with Crippen LogP contribution in [0.15, 0.2) is 41.8 Å². The van der Waals surface area contributed by atoms with Gasteiger partial charge in [-0.1, -0.05) is 25.1 Å². The molecule has 2 aromatic heterocycles. The lowest BCUT2D eigenvalue weighted by atomic mass is 10.2. The number of thioether (sulfide) groups is 1. The molecule has 0 atom stereocenters. The topological polar surface area (TPSA) is 99.0 Å². The quantitative estimate of drug-likeness (QED) is 0.269. The summed E-state index contributed by atoms with van der Waals surface area (Å²) in [6.45, 7) is 2.45. The molecule has 0 unspecified atom stereocenters. The van der Waals surface area contributed by atoms with Crippen molar-refractivity contribution in [3.8, 4) is 0 Å². The number of benzene rings is 1. The van der Waals surface area contributed by atoms with Gasteiger partial charge in [-0.05, 0) is 30.7 Å². The highest BCUT2D eigenvalue weighted by atomic mass is 32.2. The summed E-state index contributed by atoms with van der Waals surface area (Å²) < 4.78 is 6.83. The Labute approximate surface area is 166 Å². The number of amides is 1. The number of nitrogens with one attached hydrogen (secondary N) is 1. The van der Waals surface area contributed by atoms with Crippen molar-refractivity contribution in [3.05, 3.63) is 42.4 Å². The van der Waals surface area contributed by atoms with Gasteiger partial charge in [-0.15, -0.1) is 0 Å². The summed E-state index contributed by atoms with van der Waals surface area (Å²) >= 11 is 1.32. The predicted molar refractivity (Wildman–Crippen MR) is 107 cm³/mol. The number of anilines is 1. The van der Waals surface area contributed by atoms with Crippen LogP contribution in [0, 0.1) is 0 Å². The number of aromatic nitrogens is 4. The lowest BCUT2D eigenvalue weighted by molar-refractivity contribution is -0.113. The lowest BCUT2D eigenvalue weighted by Gasteiger charge is -2.07. The third kappa shape index (κ3) is 4.86. The van der Waals surface area contributed by atoms with Crippen molar-refractivity contribution in [2.45, 2.75) is 24.8 Å². The Hall–Kier alpha value is -2.94. The molecule has 0 fully saturated rings. The maximum Gasteiger partial charge on any atom is 0.338 e. The molecule has 1 N–H and O–H groups in total. The molecule has 146 valence electrons. The summed E-state index contributed by atoms with van der Waals surface area (Å²) in [7, 11) is 1.81. The molecule has 0 aliphatic heterocycles. The van der Waals surface area contributed by atoms with Crippen LogP contribution in [-0.4, -0.2) is 44.0 Å². The third-order valence-electron chi connectivity index (χ3n) is 3.97. The largest absolute Gasteiger partial charge is 0.462 e. The van der Waals surface area contributed by atoms with E-state index in [0.717, 1.165) is 23.9 Å². The number of esters is 1. The minimum Gasteiger partial charge on any atom is -0.462 e. The minimum atomic E-state index is -0.355. The van der Waals surface area contributed by atoms with E-state index in [1.165, 1.54) is 18.1 Å². The second-order valence-corrected chi connectivity index (χ2v) is 7.05. The van der Waals surface area contributed by atoms with Gasteiger partial charge in [0.2, 0.25) is 5.91 Å². The molecule has 28 heavy (non-hydrogen) atoms. The molecule has 0 saturated heterocycles. The van der Waals surface area contributed by atoms with Gasteiger partial charge in [0.15, 0.2) is 5.65 Å². The monoisotopic (exact) mass is 399 g/mol. The smallest absolute Gasteiger partial charge is 0.338 e. The maximum atomic E-state index is 12.2. The van der Waals surface area contributed by atoms with Gasteiger partial charge in [0.05, 0.1) is 29.5 Å². The number of aryl methyl sites for hydroxylation is 1. The number of carbonyl (C=O) groups is 2. The van der Waals surface area contributed by atoms with Crippen molar-refractivity contribution in [1.82, 2.24) is 19.7 Å². The van der Waals surface area contributed by atoms with Crippen LogP contribution in [0.3, 0.4) is 0 Å². The van der Waals surface area contributed by atoms with Crippen LogP contribution >= 0.6 is 11.8 Å². The number of rotatable bonds is 8. The van der Waals surface area contributed by atoms with Crippen molar-refractivity contribution >= 4 is 40.4 Å². The highest BCUT2D eigenvalue weighted by molar-refractivity contribution is 8.00. The van der Waals surface area contributed by atoms with Crippen LogP contribution in [-0.2, 0) is 16.6 Å². The fraction of sp³-hybridized carbons (Fsp3) is 0.316. The molecule has 1 amide bonds. The first-order valence-electron chi connectivity index (χ1n) is 8.91. The van der Waals surface area contributed by atoms with Crippen molar-refractivity contribution in [1.29, 1.82) is 0 Å². The Morgan fingerprint density at radius 1 is 1.21 bits per heavy atom. The number of fused-ring (bicyclic) bond motifs is 1. The fourth-order valence-electron chi connectivity index (χ4n) is 2.47. The van der Waals surface area contributed by atoms with E-state index in [0.29, 0.717) is 22.9 Å². The van der Waals surface area contributed by atoms with Crippen LogP contribution in [0.1, 0.15) is 30.1 Å². The third-order valence-corrected chi connectivity index (χ3v) is 4.97. The maximum absolute atomic E-state index is 12.2. The minimum absolute atomic E-state index is 0.168. The first-order valence-corrected chi connectivity index (χ1v) is 9.89. The van der Waals surface area contributed by atoms with E-state index in [9.17, 15) is 9.59 Å². The van der Waals surface area contributed by atoms with Gasteiger partial charge >= 0.3 is 5.97 Å². The molecule has 3 rings (SSSR count). The molecular formula is C19H21N5O3S. The van der Waals surface area contributed by atoms with Crippen LogP contribution in [0.2, 0.25) is 0 Å². The molecule has 8 nitrogen and oxygen atoms in total. The van der Waals surface area contributed by atoms with E-state index in [-0.39, 0.29) is 17.6 Å². The fourth-order valence-corrected chi connectivity index (χ4v) is 3.23. The SMILES string of the molecule is CCCCOC(=O)c1ccc(NC(=O)CSc2ncnc3c2cnn3C)cc1. The number of nitrogens with zero attached hydrogens (tertiary/aromatic N) is 4. The van der Waals surface area contributed by atoms with Gasteiger partial charge in [0, 0.05) is 12.7 Å². The molecule has 0 saturated carbocycles. The zero-order valence-electron chi connectivity index (χ0n) is 15.7. The van der Waals surface area contributed by atoms with Gasteiger partial charge in [-0.3, -0.25) is 9.48 Å². The van der Waals surface area contributed by atoms with Crippen LogP contribution in [0.4, 0.5) is 5.69 Å². The zero-order valence-corrected chi connectivity index (χ0v) is 16.5. The van der Waals surface area contributed by atoms with Crippen molar-refractivity contribution < 1.29 is 14.3 Å². The first kappa shape index (κ1) is 19.8. The molecular weight excluding hydrogens is 378 g/mol. The summed E-state index contributed by atoms with van der Waals surface area (Å²) in [6, 6.07) is 6.65. The predicted octanol–water partition coefficient (Wildman–Crippen LogP) is 3.05. The highest BCUT2D eigenvalue weighted by Crippen LogP contribution is 2.24. The van der Waals surface area contributed by atoms with Gasteiger partial charge < -0.3 is 10.1 Å². The first-order chi connectivity index (χ1) is 13.6. The van der Waals surface area contributed by atoms with E-state index in [2.05, 4.69) is 20.4 Å². The van der Waals surface area contributed by atoms with Gasteiger partial charge in [0.1, 0.15) is 11.4 Å². The number of carbonyl (C=O) groups excluding carboxylic acids is 2. The average Bonchev–Trinajstić information content (AvgIpc) is 3.09. The van der Waals surface area contributed by atoms with Crippen LogP contribution in [0.5, 0.6) is 0 Å². The van der Waals surface area contributed by atoms with E-state index in [1.807, 2.05) is 6.92 Å². The number of ether oxygens (including phenoxy) is 1. The molecule has 1 aromatic carbocycles. The van der Waals surface area contributed by atoms with Crippen LogP contribution in [0.25, 0.3) is 11.0 Å². The summed E-state index contributed by atoms with van der Waals surface area (Å²) in [5.41, 5.74) is 1.80. The lowest BCUT2D eigenvalue weighted by Crippen LogP contribution is -2.14. The van der Waals surface area contributed by atoms with Gasteiger partial charge in [-0.2, -0.15) is 5.10 Å². The summed E-state index contributed by atoms with van der Waals surface area (Å²) in [5, 5.41) is 8.49. The number of hydrogen-bond acceptors (Lipinski definition) is 7. The molecule has 3 aromatic rings. The molecule has 0 radical (unpaired) electrons. The second-order valence-electron chi connectivity index (χ2n) is 6.09. The summed E-state index contributed by atoms with van der Waals surface area (Å²) in [5.74, 6) is -0.327. The van der Waals surface area contributed by atoms with E-state index in [4.69, 9.17) is 4.74 Å². The molecule has 0 bridgehead atoms.